The van der Waals surface area contributed by atoms with Crippen molar-refractivity contribution in [2.45, 2.75) is 51.5 Å². The van der Waals surface area contributed by atoms with Gasteiger partial charge in [-0.25, -0.2) is 4.79 Å². The molecule has 0 saturated carbocycles. The van der Waals surface area contributed by atoms with Crippen molar-refractivity contribution in [1.29, 1.82) is 0 Å². The predicted molar refractivity (Wildman–Crippen MR) is 119 cm³/mol. The topological polar surface area (TPSA) is 87.7 Å². The minimum Gasteiger partial charge on any atom is -0.489 e. The van der Waals surface area contributed by atoms with Crippen molar-refractivity contribution in [3.05, 3.63) is 53.6 Å². The number of ether oxygens (including phenoxy) is 1. The number of carbonyl (C=O) groups is 3. The van der Waals surface area contributed by atoms with Gasteiger partial charge in [0.2, 0.25) is 5.91 Å². The average Bonchev–Trinajstić information content (AvgIpc) is 2.97. The Bertz CT molecular complexity index is 891. The molecule has 1 aliphatic heterocycles. The number of nitrogens with zero attached hydrogens (tertiary/aromatic N) is 1. The first-order valence-electron chi connectivity index (χ1n) is 10.8. The molecule has 7 nitrogen and oxygen atoms in total. The maximum atomic E-state index is 13.0. The van der Waals surface area contributed by atoms with Crippen LogP contribution in [0.25, 0.3) is 0 Å². The maximum absolute atomic E-state index is 13.0. The summed E-state index contributed by atoms with van der Waals surface area (Å²) in [7, 11) is 0. The van der Waals surface area contributed by atoms with E-state index in [9.17, 15) is 14.4 Å². The first-order chi connectivity index (χ1) is 14.8. The Hall–Kier alpha value is -3.09. The standard InChI is InChI=1S/C24H31N3O4/c1-17(2)16-31-20-11-9-19(10-12-20)24(3)22(29)27(23(30)26-24)15-21(28)25-14-13-18-7-5-4-6-8-18/h7,9-12H,1,4-6,8,13-16H2,2-3H3,(H,25,28)(H,26,30). The van der Waals surface area contributed by atoms with Gasteiger partial charge in [0.1, 0.15) is 24.4 Å². The van der Waals surface area contributed by atoms with Gasteiger partial charge < -0.3 is 15.4 Å². The first kappa shape index (κ1) is 22.6. The molecule has 3 rings (SSSR count). The Morgan fingerprint density at radius 3 is 2.65 bits per heavy atom. The van der Waals surface area contributed by atoms with Gasteiger partial charge >= 0.3 is 6.03 Å². The molecule has 0 spiro atoms. The zero-order valence-electron chi connectivity index (χ0n) is 18.3. The fourth-order valence-corrected chi connectivity index (χ4v) is 3.82. The first-order valence-corrected chi connectivity index (χ1v) is 10.8. The second kappa shape index (κ2) is 9.81. The molecule has 1 saturated heterocycles. The molecule has 2 N–H and O–H groups in total. The second-order valence-corrected chi connectivity index (χ2v) is 8.42. The third kappa shape index (κ3) is 5.54. The minimum absolute atomic E-state index is 0.293. The Morgan fingerprint density at radius 2 is 2.00 bits per heavy atom. The monoisotopic (exact) mass is 425 g/mol. The molecule has 4 amide bonds. The van der Waals surface area contributed by atoms with E-state index in [1.54, 1.807) is 31.2 Å². The highest BCUT2D eigenvalue weighted by Crippen LogP contribution is 2.30. The fraction of sp³-hybridized carbons (Fsp3) is 0.458. The van der Waals surface area contributed by atoms with Crippen molar-refractivity contribution in [3.8, 4) is 5.75 Å². The number of hydrogen-bond acceptors (Lipinski definition) is 4. The van der Waals surface area contributed by atoms with Crippen LogP contribution >= 0.6 is 0 Å². The highest BCUT2D eigenvalue weighted by atomic mass is 16.5. The van der Waals surface area contributed by atoms with Gasteiger partial charge in [-0.1, -0.05) is 30.4 Å². The highest BCUT2D eigenvalue weighted by molar-refractivity contribution is 6.09. The number of urea groups is 1. The molecule has 1 fully saturated rings. The van der Waals surface area contributed by atoms with Crippen molar-refractivity contribution in [2.75, 3.05) is 19.7 Å². The second-order valence-electron chi connectivity index (χ2n) is 8.42. The lowest BCUT2D eigenvalue weighted by Crippen LogP contribution is -2.43. The summed E-state index contributed by atoms with van der Waals surface area (Å²) < 4.78 is 5.58. The predicted octanol–water partition coefficient (Wildman–Crippen LogP) is 3.42. The van der Waals surface area contributed by atoms with Crippen LogP contribution in [-0.2, 0) is 15.1 Å². The fourth-order valence-electron chi connectivity index (χ4n) is 3.82. The van der Waals surface area contributed by atoms with Gasteiger partial charge in [0, 0.05) is 6.54 Å². The molecule has 1 heterocycles. The van der Waals surface area contributed by atoms with Crippen LogP contribution in [0.4, 0.5) is 4.79 Å². The van der Waals surface area contributed by atoms with Crippen molar-refractivity contribution < 1.29 is 19.1 Å². The van der Waals surface area contributed by atoms with E-state index in [1.165, 1.54) is 18.4 Å². The van der Waals surface area contributed by atoms with E-state index in [1.807, 2.05) is 6.92 Å². The maximum Gasteiger partial charge on any atom is 0.325 e. The summed E-state index contributed by atoms with van der Waals surface area (Å²) in [5.41, 5.74) is 1.67. The largest absolute Gasteiger partial charge is 0.489 e. The minimum atomic E-state index is -1.23. The zero-order chi connectivity index (χ0) is 22.4. The summed E-state index contributed by atoms with van der Waals surface area (Å²) in [6, 6.07) is 6.41. The van der Waals surface area contributed by atoms with E-state index in [2.05, 4.69) is 23.3 Å². The van der Waals surface area contributed by atoms with Crippen molar-refractivity contribution in [3.63, 3.8) is 0 Å². The number of hydrogen-bond donors (Lipinski definition) is 2. The lowest BCUT2D eigenvalue weighted by atomic mass is 9.92. The van der Waals surface area contributed by atoms with Gasteiger partial charge in [-0.05, 0) is 69.2 Å². The zero-order valence-corrected chi connectivity index (χ0v) is 18.3. The van der Waals surface area contributed by atoms with E-state index in [4.69, 9.17) is 4.74 Å². The van der Waals surface area contributed by atoms with Crippen LogP contribution in [0.15, 0.2) is 48.1 Å². The van der Waals surface area contributed by atoms with Crippen molar-refractivity contribution >= 4 is 17.8 Å². The third-order valence-electron chi connectivity index (χ3n) is 5.65. The number of allylic oxidation sites excluding steroid dienone is 1. The van der Waals surface area contributed by atoms with E-state index in [-0.39, 0.29) is 12.5 Å². The molecule has 1 aromatic carbocycles. The number of imide groups is 1. The van der Waals surface area contributed by atoms with Crippen molar-refractivity contribution in [2.24, 2.45) is 0 Å². The summed E-state index contributed by atoms with van der Waals surface area (Å²) in [5.74, 6) is -0.137. The molecule has 7 heteroatoms. The molecule has 0 bridgehead atoms. The SMILES string of the molecule is C=C(C)COc1ccc(C2(C)NC(=O)N(CC(=O)NCCC3=CCCCC3)C2=O)cc1. The number of benzene rings is 1. The lowest BCUT2D eigenvalue weighted by Gasteiger charge is -2.22. The van der Waals surface area contributed by atoms with Gasteiger partial charge in [0.05, 0.1) is 0 Å². The number of carbonyl (C=O) groups excluding carboxylic acids is 3. The summed E-state index contributed by atoms with van der Waals surface area (Å²) in [4.78, 5) is 38.7. The number of rotatable bonds is 9. The van der Waals surface area contributed by atoms with E-state index in [0.717, 1.165) is 29.7 Å². The van der Waals surface area contributed by atoms with Gasteiger partial charge in [-0.3, -0.25) is 14.5 Å². The van der Waals surface area contributed by atoms with E-state index < -0.39 is 17.5 Å². The van der Waals surface area contributed by atoms with Gasteiger partial charge in [-0.2, -0.15) is 0 Å². The number of amides is 4. The highest BCUT2D eigenvalue weighted by Gasteiger charge is 2.49. The van der Waals surface area contributed by atoms with Crippen LogP contribution in [0.2, 0.25) is 0 Å². The summed E-state index contributed by atoms with van der Waals surface area (Å²) in [5, 5.41) is 5.54. The van der Waals surface area contributed by atoms with E-state index >= 15 is 0 Å². The molecular weight excluding hydrogens is 394 g/mol. The smallest absolute Gasteiger partial charge is 0.325 e. The van der Waals surface area contributed by atoms with Gasteiger partial charge in [0.25, 0.3) is 5.91 Å². The Labute approximate surface area is 183 Å². The summed E-state index contributed by atoms with van der Waals surface area (Å²) in [6.45, 7) is 7.94. The van der Waals surface area contributed by atoms with Crippen LogP contribution in [0.1, 0.15) is 51.5 Å². The van der Waals surface area contributed by atoms with E-state index in [0.29, 0.717) is 24.5 Å². The molecule has 1 aromatic rings. The van der Waals surface area contributed by atoms with Crippen LogP contribution < -0.4 is 15.4 Å². The Morgan fingerprint density at radius 1 is 1.26 bits per heavy atom. The molecule has 1 unspecified atom stereocenters. The van der Waals surface area contributed by atoms with Crippen molar-refractivity contribution in [1.82, 2.24) is 15.5 Å². The molecule has 1 atom stereocenters. The average molecular weight is 426 g/mol. The summed E-state index contributed by atoms with van der Waals surface area (Å²) >= 11 is 0. The molecule has 1 aliphatic carbocycles. The van der Waals surface area contributed by atoms with Crippen LogP contribution in [0.5, 0.6) is 5.75 Å². The van der Waals surface area contributed by atoms with Crippen LogP contribution in [0.3, 0.4) is 0 Å². The van der Waals surface area contributed by atoms with Gasteiger partial charge in [0.15, 0.2) is 0 Å². The Kier molecular flexibility index (Phi) is 7.15. The molecule has 166 valence electrons. The van der Waals surface area contributed by atoms with Crippen LogP contribution in [0, 0.1) is 0 Å². The number of nitrogens with one attached hydrogen (secondary N) is 2. The quantitative estimate of drug-likeness (QED) is 0.469. The van der Waals surface area contributed by atoms with Crippen LogP contribution in [-0.4, -0.2) is 42.4 Å². The summed E-state index contributed by atoms with van der Waals surface area (Å²) in [6.07, 6.45) is 7.66. The molecule has 0 radical (unpaired) electrons. The molecule has 2 aliphatic rings. The normalized spacial score (nSPS) is 20.8. The third-order valence-corrected chi connectivity index (χ3v) is 5.65. The molecule has 31 heavy (non-hydrogen) atoms. The Balaban J connectivity index is 1.57. The molecule has 0 aromatic heterocycles. The van der Waals surface area contributed by atoms with Gasteiger partial charge in [-0.15, -0.1) is 0 Å². The lowest BCUT2D eigenvalue weighted by molar-refractivity contribution is -0.134. The molecular formula is C24H31N3O4.